The number of nitrogens with two attached hydrogens (primary N) is 1. The lowest BCUT2D eigenvalue weighted by molar-refractivity contribution is -0.125. The van der Waals surface area contributed by atoms with E-state index in [1.807, 2.05) is 0 Å². The van der Waals surface area contributed by atoms with Crippen molar-refractivity contribution in [1.29, 1.82) is 0 Å². The second kappa shape index (κ2) is 4.40. The molecule has 1 aromatic rings. The molecule has 0 aliphatic carbocycles. The van der Waals surface area contributed by atoms with Gasteiger partial charge in [-0.2, -0.15) is 0 Å². The smallest absolute Gasteiger partial charge is 0.209 e. The highest BCUT2D eigenvalue weighted by Crippen LogP contribution is 2.33. The number of rotatable bonds is 2. The summed E-state index contributed by atoms with van der Waals surface area (Å²) in [5.41, 5.74) is 6.56. The second-order valence-electron chi connectivity index (χ2n) is 3.74. The Hall–Kier alpha value is -1.75. The van der Waals surface area contributed by atoms with E-state index in [1.165, 1.54) is 0 Å². The topological polar surface area (TPSA) is 75.8 Å². The maximum Gasteiger partial charge on any atom is 0.209 e. The standard InChI is InChI=1S/C11H14N2O3/c12-9-3-1-2-8(11(9)15)10-6-13(7-14)4-5-16-10/h1-3,7,10,15H,4-6,12H2. The molecule has 1 atom stereocenters. The molecule has 5 heteroatoms. The third kappa shape index (κ3) is 1.94. The van der Waals surface area contributed by atoms with Crippen molar-refractivity contribution in [3.8, 4) is 5.75 Å². The first-order chi connectivity index (χ1) is 7.72. The van der Waals surface area contributed by atoms with Gasteiger partial charge in [-0.05, 0) is 6.07 Å². The minimum Gasteiger partial charge on any atom is -0.505 e. The summed E-state index contributed by atoms with van der Waals surface area (Å²) < 4.78 is 5.52. The predicted molar refractivity (Wildman–Crippen MR) is 58.8 cm³/mol. The number of carbonyl (C=O) groups excluding carboxylic acids is 1. The van der Waals surface area contributed by atoms with E-state index in [4.69, 9.17) is 10.5 Å². The van der Waals surface area contributed by atoms with E-state index in [0.29, 0.717) is 30.9 Å². The van der Waals surface area contributed by atoms with Crippen LogP contribution in [0.5, 0.6) is 5.75 Å². The van der Waals surface area contributed by atoms with Gasteiger partial charge in [-0.25, -0.2) is 0 Å². The lowest BCUT2D eigenvalue weighted by Gasteiger charge is -2.30. The molecule has 0 aromatic heterocycles. The van der Waals surface area contributed by atoms with E-state index in [0.717, 1.165) is 6.41 Å². The van der Waals surface area contributed by atoms with Crippen LogP contribution in [-0.4, -0.2) is 36.1 Å². The highest BCUT2D eigenvalue weighted by atomic mass is 16.5. The van der Waals surface area contributed by atoms with Crippen LogP contribution in [0.3, 0.4) is 0 Å². The molecule has 5 nitrogen and oxygen atoms in total. The SMILES string of the molecule is Nc1cccc(C2CN(C=O)CCO2)c1O. The summed E-state index contributed by atoms with van der Waals surface area (Å²) in [5.74, 6) is 0.0419. The fourth-order valence-electron chi connectivity index (χ4n) is 1.79. The van der Waals surface area contributed by atoms with Crippen LogP contribution in [-0.2, 0) is 9.53 Å². The van der Waals surface area contributed by atoms with E-state index in [1.54, 1.807) is 23.1 Å². The Labute approximate surface area is 93.4 Å². The van der Waals surface area contributed by atoms with Gasteiger partial charge in [-0.15, -0.1) is 0 Å². The maximum absolute atomic E-state index is 10.7. The van der Waals surface area contributed by atoms with E-state index < -0.39 is 0 Å². The number of nitrogen functional groups attached to an aromatic ring is 1. The van der Waals surface area contributed by atoms with Crippen LogP contribution in [0.1, 0.15) is 11.7 Å². The zero-order valence-electron chi connectivity index (χ0n) is 8.80. The Bertz CT molecular complexity index is 395. The molecule has 1 aliphatic heterocycles. The molecule has 0 bridgehead atoms. The molecule has 86 valence electrons. The Morgan fingerprint density at radius 3 is 3.12 bits per heavy atom. The molecule has 2 rings (SSSR count). The molecule has 0 radical (unpaired) electrons. The predicted octanol–water partition coefficient (Wildman–Crippen LogP) is 0.504. The summed E-state index contributed by atoms with van der Waals surface area (Å²) in [7, 11) is 0. The average Bonchev–Trinajstić information content (AvgIpc) is 2.33. The van der Waals surface area contributed by atoms with E-state index in [2.05, 4.69) is 0 Å². The molecule has 16 heavy (non-hydrogen) atoms. The number of carbonyl (C=O) groups is 1. The van der Waals surface area contributed by atoms with Crippen LogP contribution >= 0.6 is 0 Å². The number of benzene rings is 1. The van der Waals surface area contributed by atoms with Crippen LogP contribution in [0.2, 0.25) is 0 Å². The van der Waals surface area contributed by atoms with Gasteiger partial charge in [0.25, 0.3) is 0 Å². The highest BCUT2D eigenvalue weighted by Gasteiger charge is 2.23. The highest BCUT2D eigenvalue weighted by molar-refractivity contribution is 5.57. The molecular weight excluding hydrogens is 208 g/mol. The fourth-order valence-corrected chi connectivity index (χ4v) is 1.79. The van der Waals surface area contributed by atoms with Crippen LogP contribution in [0.4, 0.5) is 5.69 Å². The van der Waals surface area contributed by atoms with Crippen molar-refractivity contribution >= 4 is 12.1 Å². The number of morpholine rings is 1. The van der Waals surface area contributed by atoms with Crippen LogP contribution in [0.15, 0.2) is 18.2 Å². The first-order valence-electron chi connectivity index (χ1n) is 5.10. The number of anilines is 1. The number of ether oxygens (including phenoxy) is 1. The molecule has 1 aliphatic rings. The summed E-state index contributed by atoms with van der Waals surface area (Å²) >= 11 is 0. The van der Waals surface area contributed by atoms with Gasteiger partial charge in [0.1, 0.15) is 11.9 Å². The minimum absolute atomic E-state index is 0.0419. The molecule has 1 amide bonds. The van der Waals surface area contributed by atoms with Crippen LogP contribution < -0.4 is 5.73 Å². The normalized spacial score (nSPS) is 20.8. The minimum atomic E-state index is -0.303. The van der Waals surface area contributed by atoms with Gasteiger partial charge in [0.2, 0.25) is 6.41 Å². The van der Waals surface area contributed by atoms with Crippen molar-refractivity contribution in [2.24, 2.45) is 0 Å². The van der Waals surface area contributed by atoms with Gasteiger partial charge >= 0.3 is 0 Å². The quantitative estimate of drug-likeness (QED) is 0.434. The first-order valence-corrected chi connectivity index (χ1v) is 5.10. The van der Waals surface area contributed by atoms with Crippen LogP contribution in [0.25, 0.3) is 0 Å². The van der Waals surface area contributed by atoms with E-state index >= 15 is 0 Å². The molecule has 1 heterocycles. The number of aromatic hydroxyl groups is 1. The molecule has 1 fully saturated rings. The van der Waals surface area contributed by atoms with Gasteiger partial charge in [-0.1, -0.05) is 12.1 Å². The van der Waals surface area contributed by atoms with Crippen LogP contribution in [0, 0.1) is 0 Å². The third-order valence-corrected chi connectivity index (χ3v) is 2.69. The molecule has 0 spiro atoms. The molecule has 1 unspecified atom stereocenters. The molecular formula is C11H14N2O3. The maximum atomic E-state index is 10.7. The first kappa shape index (κ1) is 10.8. The van der Waals surface area contributed by atoms with Gasteiger partial charge in [0.05, 0.1) is 18.8 Å². The van der Waals surface area contributed by atoms with Crippen molar-refractivity contribution in [2.75, 3.05) is 25.4 Å². The zero-order chi connectivity index (χ0) is 11.5. The Kier molecular flexibility index (Phi) is 2.96. The summed E-state index contributed by atoms with van der Waals surface area (Å²) in [4.78, 5) is 12.3. The third-order valence-electron chi connectivity index (χ3n) is 2.69. The van der Waals surface area contributed by atoms with Crippen molar-refractivity contribution in [3.63, 3.8) is 0 Å². The number of hydrogen-bond acceptors (Lipinski definition) is 4. The Balaban J connectivity index is 2.23. The lowest BCUT2D eigenvalue weighted by Crippen LogP contribution is -2.37. The number of amides is 1. The largest absolute Gasteiger partial charge is 0.505 e. The number of phenols is 1. The van der Waals surface area contributed by atoms with Gasteiger partial charge in [0.15, 0.2) is 0 Å². The number of para-hydroxylation sites is 1. The summed E-state index contributed by atoms with van der Waals surface area (Å²) in [5, 5.41) is 9.80. The van der Waals surface area contributed by atoms with E-state index in [-0.39, 0.29) is 11.9 Å². The fraction of sp³-hybridized carbons (Fsp3) is 0.364. The molecule has 0 saturated carbocycles. The van der Waals surface area contributed by atoms with E-state index in [9.17, 15) is 9.90 Å². The number of nitrogens with zero attached hydrogens (tertiary/aromatic N) is 1. The summed E-state index contributed by atoms with van der Waals surface area (Å²) in [6.45, 7) is 1.50. The number of phenolic OH excluding ortho intramolecular Hbond substituents is 1. The summed E-state index contributed by atoms with van der Waals surface area (Å²) in [6.07, 6.45) is 0.487. The van der Waals surface area contributed by atoms with Gasteiger partial charge in [-0.3, -0.25) is 4.79 Å². The van der Waals surface area contributed by atoms with Crippen molar-refractivity contribution in [2.45, 2.75) is 6.10 Å². The average molecular weight is 222 g/mol. The molecule has 3 N–H and O–H groups in total. The molecule has 1 saturated heterocycles. The summed E-state index contributed by atoms with van der Waals surface area (Å²) in [6, 6.07) is 5.14. The van der Waals surface area contributed by atoms with Gasteiger partial charge in [0, 0.05) is 12.1 Å². The van der Waals surface area contributed by atoms with Gasteiger partial charge < -0.3 is 20.5 Å². The van der Waals surface area contributed by atoms with Crippen molar-refractivity contribution in [3.05, 3.63) is 23.8 Å². The Morgan fingerprint density at radius 2 is 2.38 bits per heavy atom. The Morgan fingerprint density at radius 1 is 1.56 bits per heavy atom. The second-order valence-corrected chi connectivity index (χ2v) is 3.74. The lowest BCUT2D eigenvalue weighted by atomic mass is 10.1. The van der Waals surface area contributed by atoms with Crippen molar-refractivity contribution in [1.82, 2.24) is 4.90 Å². The number of hydrogen-bond donors (Lipinski definition) is 2. The zero-order valence-corrected chi connectivity index (χ0v) is 8.80. The molecule has 1 aromatic carbocycles. The monoisotopic (exact) mass is 222 g/mol. The van der Waals surface area contributed by atoms with Crippen molar-refractivity contribution < 1.29 is 14.6 Å².